The molecule has 0 fully saturated rings. The van der Waals surface area contributed by atoms with E-state index in [-0.39, 0.29) is 15.7 Å². The molecule has 0 unspecified atom stereocenters. The molecule has 0 aliphatic carbocycles. The number of rotatable bonds is 7. The molecule has 1 aromatic heterocycles. The number of nitrogen functional groups attached to an aromatic ring is 2. The van der Waals surface area contributed by atoms with Gasteiger partial charge in [-0.05, 0) is 88.4 Å². The van der Waals surface area contributed by atoms with Crippen LogP contribution >= 0.6 is 15.9 Å². The van der Waals surface area contributed by atoms with Crippen LogP contribution in [0.15, 0.2) is 75.4 Å². The molecule has 3 aromatic rings. The molecule has 4 N–H and O–H groups in total. The normalized spacial score (nSPS) is 11.9. The van der Waals surface area contributed by atoms with Crippen molar-refractivity contribution in [2.75, 3.05) is 25.2 Å². The first kappa shape index (κ1) is 24.7. The van der Waals surface area contributed by atoms with E-state index in [1.165, 1.54) is 22.6 Å². The Balaban J connectivity index is 1.67. The van der Waals surface area contributed by atoms with Crippen LogP contribution in [0.2, 0.25) is 0 Å². The Morgan fingerprint density at radius 1 is 1.24 bits per heavy atom. The molecular weight excluding hydrogens is 497 g/mol. The number of aryl methyl sites for hydroxylation is 1. The molecule has 0 bridgehead atoms. The van der Waals surface area contributed by atoms with Gasteiger partial charge in [0.15, 0.2) is 11.3 Å². The number of anilines is 1. The highest BCUT2D eigenvalue weighted by Crippen LogP contribution is 2.27. The molecule has 2 aromatic carbocycles. The van der Waals surface area contributed by atoms with Gasteiger partial charge in [-0.15, -0.1) is 0 Å². The average molecular weight is 522 g/mol. The third-order valence-electron chi connectivity index (χ3n) is 5.07. The molecule has 0 amide bonds. The summed E-state index contributed by atoms with van der Waals surface area (Å²) in [5, 5.41) is 9.18. The fraction of sp³-hybridized carbons (Fsp3) is 0.160. The van der Waals surface area contributed by atoms with Crippen molar-refractivity contribution in [2.24, 2.45) is 9.98 Å². The first-order valence-electron chi connectivity index (χ1n) is 10.4. The predicted octanol–water partition coefficient (Wildman–Crippen LogP) is 4.16. The summed E-state index contributed by atoms with van der Waals surface area (Å²) in [6, 6.07) is 14.7. The summed E-state index contributed by atoms with van der Waals surface area (Å²) in [4.78, 5) is 10.4. The van der Waals surface area contributed by atoms with Gasteiger partial charge in [0.2, 0.25) is 0 Å². The smallest absolute Gasteiger partial charge is 0.157 e. The van der Waals surface area contributed by atoms with Crippen LogP contribution in [0, 0.1) is 24.1 Å². The predicted molar refractivity (Wildman–Crippen MR) is 137 cm³/mol. The summed E-state index contributed by atoms with van der Waals surface area (Å²) in [5.41, 5.74) is 10.8. The lowest BCUT2D eigenvalue weighted by Gasteiger charge is -2.10. The molecule has 0 aliphatic rings. The van der Waals surface area contributed by atoms with Gasteiger partial charge in [0.1, 0.15) is 11.6 Å². The third kappa shape index (κ3) is 6.33. The van der Waals surface area contributed by atoms with Gasteiger partial charge in [-0.2, -0.15) is 5.26 Å². The van der Waals surface area contributed by atoms with Crippen molar-refractivity contribution in [3.63, 3.8) is 0 Å². The maximum absolute atomic E-state index is 14.0. The Kier molecular flexibility index (Phi) is 8.22. The maximum atomic E-state index is 14.0. The Labute approximate surface area is 206 Å². The SMILES string of the molecule is Cc1cc(N)ccc1Cc1ccn(N)/c(=N\C=C/CN(C)/C=N/c2ccc(Br)c(F)c2C#N)c1. The van der Waals surface area contributed by atoms with Crippen molar-refractivity contribution in [3.8, 4) is 6.07 Å². The van der Waals surface area contributed by atoms with E-state index in [1.54, 1.807) is 23.4 Å². The molecule has 0 atom stereocenters. The van der Waals surface area contributed by atoms with Crippen LogP contribution in [0.5, 0.6) is 0 Å². The summed E-state index contributed by atoms with van der Waals surface area (Å²) in [6.07, 6.45) is 7.57. The van der Waals surface area contributed by atoms with E-state index in [2.05, 4.69) is 25.9 Å². The minimum absolute atomic E-state index is 0.105. The lowest BCUT2D eigenvalue weighted by Crippen LogP contribution is -2.27. The number of aromatic nitrogens is 1. The fourth-order valence-electron chi connectivity index (χ4n) is 3.20. The largest absolute Gasteiger partial charge is 0.399 e. The lowest BCUT2D eigenvalue weighted by atomic mass is 10.0. The summed E-state index contributed by atoms with van der Waals surface area (Å²) in [5.74, 6) is 5.39. The first-order chi connectivity index (χ1) is 16.3. The number of likely N-dealkylation sites (N-methyl/N-ethyl adjacent to an activating group) is 1. The number of hydrogen-bond acceptors (Lipinski definition) is 5. The Morgan fingerprint density at radius 2 is 2.03 bits per heavy atom. The van der Waals surface area contributed by atoms with Gasteiger partial charge < -0.3 is 16.5 Å². The molecule has 174 valence electrons. The van der Waals surface area contributed by atoms with Gasteiger partial charge in [0.25, 0.3) is 0 Å². The molecule has 0 aliphatic heterocycles. The van der Waals surface area contributed by atoms with E-state index in [0.29, 0.717) is 12.0 Å². The quantitative estimate of drug-likeness (QED) is 0.210. The topological polar surface area (TPSA) is 109 Å². The molecular formula is C25H25BrFN7. The fourth-order valence-corrected chi connectivity index (χ4v) is 3.53. The van der Waals surface area contributed by atoms with E-state index in [4.69, 9.17) is 11.6 Å². The summed E-state index contributed by atoms with van der Waals surface area (Å²) in [6.45, 7) is 2.54. The molecule has 0 radical (unpaired) electrons. The van der Waals surface area contributed by atoms with Gasteiger partial charge >= 0.3 is 0 Å². The van der Waals surface area contributed by atoms with Crippen molar-refractivity contribution in [3.05, 3.63) is 99.0 Å². The highest BCUT2D eigenvalue weighted by molar-refractivity contribution is 9.10. The van der Waals surface area contributed by atoms with Gasteiger partial charge in [0.05, 0.1) is 16.5 Å². The summed E-state index contributed by atoms with van der Waals surface area (Å²) in [7, 11) is 1.81. The van der Waals surface area contributed by atoms with Crippen molar-refractivity contribution >= 4 is 33.6 Å². The standard InChI is InChI=1S/C25H25BrFN7/c1-17-12-20(29)5-4-19(17)13-18-8-11-34(30)24(14-18)31-9-3-10-33(2)16-32-23-7-6-22(26)25(27)21(23)15-28/h3-9,11-12,14,16H,10,13,29-30H2,1-2H3/b9-3-,31-24-,32-16+. The van der Waals surface area contributed by atoms with Crippen LogP contribution in [-0.4, -0.2) is 29.5 Å². The zero-order chi connectivity index (χ0) is 24.7. The van der Waals surface area contributed by atoms with E-state index in [9.17, 15) is 9.65 Å². The van der Waals surface area contributed by atoms with Crippen LogP contribution in [0.3, 0.4) is 0 Å². The highest BCUT2D eigenvalue weighted by atomic mass is 79.9. The van der Waals surface area contributed by atoms with E-state index >= 15 is 0 Å². The molecule has 0 spiro atoms. The minimum Gasteiger partial charge on any atom is -0.399 e. The second kappa shape index (κ2) is 11.3. The zero-order valence-corrected chi connectivity index (χ0v) is 20.5. The van der Waals surface area contributed by atoms with Crippen LogP contribution in [0.4, 0.5) is 15.8 Å². The second-order valence-corrected chi connectivity index (χ2v) is 8.58. The molecule has 7 nitrogen and oxygen atoms in total. The number of nitrogens with zero attached hydrogens (tertiary/aromatic N) is 5. The number of nitriles is 1. The van der Waals surface area contributed by atoms with Gasteiger partial charge in [-0.1, -0.05) is 6.07 Å². The Bertz CT molecular complexity index is 1350. The summed E-state index contributed by atoms with van der Waals surface area (Å²) >= 11 is 3.07. The number of halogens is 2. The van der Waals surface area contributed by atoms with Gasteiger partial charge in [-0.25, -0.2) is 14.4 Å². The van der Waals surface area contributed by atoms with Crippen LogP contribution in [0.25, 0.3) is 0 Å². The number of hydrogen-bond donors (Lipinski definition) is 2. The minimum atomic E-state index is -0.623. The van der Waals surface area contributed by atoms with Crippen molar-refractivity contribution in [1.29, 1.82) is 5.26 Å². The molecule has 0 saturated heterocycles. The average Bonchev–Trinajstić information content (AvgIpc) is 2.81. The van der Waals surface area contributed by atoms with Crippen LogP contribution in [0.1, 0.15) is 22.3 Å². The molecule has 1 heterocycles. The van der Waals surface area contributed by atoms with Crippen LogP contribution in [-0.2, 0) is 6.42 Å². The van der Waals surface area contributed by atoms with Gasteiger partial charge in [0, 0.05) is 31.7 Å². The Morgan fingerprint density at radius 3 is 2.76 bits per heavy atom. The van der Waals surface area contributed by atoms with Crippen molar-refractivity contribution in [2.45, 2.75) is 13.3 Å². The molecule has 0 saturated carbocycles. The molecule has 3 rings (SSSR count). The van der Waals surface area contributed by atoms with Crippen LogP contribution < -0.4 is 17.1 Å². The third-order valence-corrected chi connectivity index (χ3v) is 5.69. The monoisotopic (exact) mass is 521 g/mol. The number of nitrogens with two attached hydrogens (primary N) is 2. The molecule has 9 heteroatoms. The van der Waals surface area contributed by atoms with E-state index < -0.39 is 5.82 Å². The van der Waals surface area contributed by atoms with Crippen molar-refractivity contribution in [1.82, 2.24) is 9.58 Å². The maximum Gasteiger partial charge on any atom is 0.157 e. The number of benzene rings is 2. The highest BCUT2D eigenvalue weighted by Gasteiger charge is 2.10. The zero-order valence-electron chi connectivity index (χ0n) is 18.9. The first-order valence-corrected chi connectivity index (χ1v) is 11.2. The molecule has 34 heavy (non-hydrogen) atoms. The number of aliphatic imine (C=N–C) groups is 1. The number of pyridine rings is 1. The second-order valence-electron chi connectivity index (χ2n) is 7.73. The Hall–Kier alpha value is -3.90. The van der Waals surface area contributed by atoms with E-state index in [1.807, 2.05) is 56.4 Å². The van der Waals surface area contributed by atoms with E-state index in [0.717, 1.165) is 23.2 Å². The van der Waals surface area contributed by atoms with Gasteiger partial charge in [-0.3, -0.25) is 4.68 Å². The summed E-state index contributed by atoms with van der Waals surface area (Å²) < 4.78 is 15.7. The van der Waals surface area contributed by atoms with Crippen molar-refractivity contribution < 1.29 is 4.39 Å². The lowest BCUT2D eigenvalue weighted by molar-refractivity contribution is 0.581.